The molecule has 6 nitrogen and oxygen atoms in total. The molecule has 0 saturated heterocycles. The number of carbonyl (C=O) groups excluding carboxylic acids is 3. The van der Waals surface area contributed by atoms with Crippen LogP contribution in [0.4, 0.5) is 5.69 Å². The van der Waals surface area contributed by atoms with Crippen molar-refractivity contribution in [3.63, 3.8) is 0 Å². The van der Waals surface area contributed by atoms with Gasteiger partial charge in [-0.2, -0.15) is 0 Å². The highest BCUT2D eigenvalue weighted by Gasteiger charge is 2.30. The van der Waals surface area contributed by atoms with Crippen LogP contribution in [0.1, 0.15) is 23.2 Å². The number of rotatable bonds is 4. The lowest BCUT2D eigenvalue weighted by Crippen LogP contribution is -2.41. The summed E-state index contributed by atoms with van der Waals surface area (Å²) in [7, 11) is 1.50. The van der Waals surface area contributed by atoms with Crippen LogP contribution in [0, 0.1) is 11.8 Å². The standard InChI is InChI=1S/C16H18N2O4/c1-17-14(19)12-8-4-5-9-13(12)18-15(20)10-6-2-3-7-11(10)16(21)22/h2-5,8-11H,6-7H2,1H3,(H,17,19)(H,18,20)(H,21,22)/p-1/t10-,11-/m0/s1. The number of para-hydroxylation sites is 1. The second-order valence-electron chi connectivity index (χ2n) is 5.09. The van der Waals surface area contributed by atoms with Crippen molar-refractivity contribution in [3.05, 3.63) is 42.0 Å². The number of amides is 2. The fourth-order valence-electron chi connectivity index (χ4n) is 2.51. The molecule has 0 spiro atoms. The number of carboxylic acid groups (broad SMARTS) is 1. The van der Waals surface area contributed by atoms with Crippen LogP contribution in [0.5, 0.6) is 0 Å². The summed E-state index contributed by atoms with van der Waals surface area (Å²) in [6, 6.07) is 6.58. The Bertz CT molecular complexity index is 624. The zero-order valence-electron chi connectivity index (χ0n) is 12.2. The number of benzene rings is 1. The van der Waals surface area contributed by atoms with E-state index in [1.54, 1.807) is 36.4 Å². The molecule has 1 aromatic carbocycles. The number of carbonyl (C=O) groups is 3. The molecule has 2 N–H and O–H groups in total. The first-order valence-electron chi connectivity index (χ1n) is 7.02. The minimum atomic E-state index is -1.23. The molecule has 22 heavy (non-hydrogen) atoms. The first kappa shape index (κ1) is 15.8. The van der Waals surface area contributed by atoms with E-state index in [-0.39, 0.29) is 12.3 Å². The van der Waals surface area contributed by atoms with E-state index in [4.69, 9.17) is 0 Å². The second-order valence-corrected chi connectivity index (χ2v) is 5.09. The van der Waals surface area contributed by atoms with E-state index in [1.165, 1.54) is 7.05 Å². The van der Waals surface area contributed by atoms with E-state index < -0.39 is 23.7 Å². The number of hydrogen-bond donors (Lipinski definition) is 2. The van der Waals surface area contributed by atoms with Crippen molar-refractivity contribution in [3.8, 4) is 0 Å². The average Bonchev–Trinajstić information content (AvgIpc) is 2.54. The number of nitrogens with one attached hydrogen (secondary N) is 2. The normalized spacial score (nSPS) is 20.2. The van der Waals surface area contributed by atoms with Crippen molar-refractivity contribution in [1.29, 1.82) is 0 Å². The molecule has 1 aromatic rings. The molecule has 0 unspecified atom stereocenters. The lowest BCUT2D eigenvalue weighted by Gasteiger charge is -2.28. The van der Waals surface area contributed by atoms with Gasteiger partial charge in [0, 0.05) is 18.9 Å². The van der Waals surface area contributed by atoms with Gasteiger partial charge < -0.3 is 20.5 Å². The van der Waals surface area contributed by atoms with Crippen molar-refractivity contribution >= 4 is 23.5 Å². The molecule has 2 atom stereocenters. The van der Waals surface area contributed by atoms with E-state index in [0.717, 1.165) is 0 Å². The van der Waals surface area contributed by atoms with Gasteiger partial charge in [0.15, 0.2) is 0 Å². The summed E-state index contributed by atoms with van der Waals surface area (Å²) in [5.74, 6) is -3.53. The predicted octanol–water partition coefficient (Wildman–Crippen LogP) is 0.317. The summed E-state index contributed by atoms with van der Waals surface area (Å²) in [6.07, 6.45) is 4.14. The minimum absolute atomic E-state index is 0.275. The molecule has 0 radical (unpaired) electrons. The Labute approximate surface area is 128 Å². The number of aliphatic carboxylic acids is 1. The van der Waals surface area contributed by atoms with Crippen LogP contribution in [-0.4, -0.2) is 24.8 Å². The van der Waals surface area contributed by atoms with Crippen LogP contribution in [-0.2, 0) is 9.59 Å². The Kier molecular flexibility index (Phi) is 4.93. The maximum Gasteiger partial charge on any atom is 0.253 e. The predicted molar refractivity (Wildman–Crippen MR) is 78.8 cm³/mol. The Balaban J connectivity index is 2.20. The van der Waals surface area contributed by atoms with Crippen LogP contribution in [0.15, 0.2) is 36.4 Å². The van der Waals surface area contributed by atoms with Gasteiger partial charge in [0.1, 0.15) is 0 Å². The monoisotopic (exact) mass is 301 g/mol. The third kappa shape index (κ3) is 3.33. The van der Waals surface area contributed by atoms with Gasteiger partial charge in [-0.1, -0.05) is 24.3 Å². The van der Waals surface area contributed by atoms with Crippen LogP contribution in [0.2, 0.25) is 0 Å². The molecular weight excluding hydrogens is 284 g/mol. The number of allylic oxidation sites excluding steroid dienone is 2. The molecule has 1 aliphatic rings. The molecule has 6 heteroatoms. The molecule has 1 aliphatic carbocycles. The lowest BCUT2D eigenvalue weighted by atomic mass is 9.82. The quantitative estimate of drug-likeness (QED) is 0.782. The van der Waals surface area contributed by atoms with Crippen molar-refractivity contribution in [2.24, 2.45) is 11.8 Å². The van der Waals surface area contributed by atoms with Crippen molar-refractivity contribution in [2.45, 2.75) is 12.8 Å². The summed E-state index contributed by atoms with van der Waals surface area (Å²) < 4.78 is 0. The third-order valence-electron chi connectivity index (χ3n) is 3.73. The number of hydrogen-bond acceptors (Lipinski definition) is 4. The van der Waals surface area contributed by atoms with Gasteiger partial charge in [0.05, 0.1) is 17.2 Å². The van der Waals surface area contributed by atoms with Gasteiger partial charge in [-0.05, 0) is 25.0 Å². The first-order chi connectivity index (χ1) is 10.5. The molecule has 0 bridgehead atoms. The van der Waals surface area contributed by atoms with Gasteiger partial charge >= 0.3 is 0 Å². The Hall–Kier alpha value is -2.63. The van der Waals surface area contributed by atoms with Crippen molar-refractivity contribution in [1.82, 2.24) is 5.32 Å². The molecule has 0 saturated carbocycles. The maximum absolute atomic E-state index is 12.4. The van der Waals surface area contributed by atoms with Crippen LogP contribution in [0.25, 0.3) is 0 Å². The van der Waals surface area contributed by atoms with Gasteiger partial charge in [-0.3, -0.25) is 9.59 Å². The maximum atomic E-state index is 12.4. The molecule has 2 rings (SSSR count). The second kappa shape index (κ2) is 6.89. The highest BCUT2D eigenvalue weighted by molar-refractivity contribution is 6.04. The van der Waals surface area contributed by atoms with Crippen LogP contribution >= 0.6 is 0 Å². The smallest absolute Gasteiger partial charge is 0.253 e. The zero-order chi connectivity index (χ0) is 16.1. The van der Waals surface area contributed by atoms with E-state index in [1.807, 2.05) is 0 Å². The summed E-state index contributed by atoms with van der Waals surface area (Å²) in [5, 5.41) is 16.3. The number of anilines is 1. The first-order valence-corrected chi connectivity index (χ1v) is 7.02. The molecule has 0 aliphatic heterocycles. The Morgan fingerprint density at radius 3 is 2.36 bits per heavy atom. The molecule has 2 amide bonds. The fourth-order valence-corrected chi connectivity index (χ4v) is 2.51. The minimum Gasteiger partial charge on any atom is -0.550 e. The summed E-state index contributed by atoms with van der Waals surface area (Å²) in [4.78, 5) is 35.3. The fraction of sp³-hybridized carbons (Fsp3) is 0.312. The molecule has 0 heterocycles. The van der Waals surface area contributed by atoms with Gasteiger partial charge in [0.2, 0.25) is 5.91 Å². The molecule has 0 fully saturated rings. The van der Waals surface area contributed by atoms with E-state index >= 15 is 0 Å². The van der Waals surface area contributed by atoms with Gasteiger partial charge in [-0.15, -0.1) is 0 Å². The average molecular weight is 301 g/mol. The third-order valence-corrected chi connectivity index (χ3v) is 3.73. The van der Waals surface area contributed by atoms with E-state index in [2.05, 4.69) is 10.6 Å². The summed E-state index contributed by atoms with van der Waals surface area (Å²) in [6.45, 7) is 0. The highest BCUT2D eigenvalue weighted by Crippen LogP contribution is 2.27. The SMILES string of the molecule is CNC(=O)c1ccccc1NC(=O)[C@H]1CC=CC[C@@H]1C(=O)[O-]. The van der Waals surface area contributed by atoms with Crippen LogP contribution in [0.3, 0.4) is 0 Å². The zero-order valence-corrected chi connectivity index (χ0v) is 12.2. The number of carboxylic acids is 1. The van der Waals surface area contributed by atoms with Crippen LogP contribution < -0.4 is 15.7 Å². The van der Waals surface area contributed by atoms with Crippen molar-refractivity contribution in [2.75, 3.05) is 12.4 Å². The summed E-state index contributed by atoms with van der Waals surface area (Å²) >= 11 is 0. The highest BCUT2D eigenvalue weighted by atomic mass is 16.4. The molecule has 0 aromatic heterocycles. The topological polar surface area (TPSA) is 98.3 Å². The van der Waals surface area contributed by atoms with Gasteiger partial charge in [0.25, 0.3) is 5.91 Å². The van der Waals surface area contributed by atoms with Crippen molar-refractivity contribution < 1.29 is 19.5 Å². The lowest BCUT2D eigenvalue weighted by molar-refractivity contribution is -0.313. The molecular formula is C16H17N2O4-. The summed E-state index contributed by atoms with van der Waals surface area (Å²) in [5.41, 5.74) is 0.688. The van der Waals surface area contributed by atoms with E-state index in [0.29, 0.717) is 17.7 Å². The Morgan fingerprint density at radius 1 is 1.09 bits per heavy atom. The largest absolute Gasteiger partial charge is 0.550 e. The Morgan fingerprint density at radius 2 is 1.73 bits per heavy atom. The van der Waals surface area contributed by atoms with Gasteiger partial charge in [-0.25, -0.2) is 0 Å². The van der Waals surface area contributed by atoms with E-state index in [9.17, 15) is 19.5 Å². The molecule has 116 valence electrons.